The number of aromatic nitrogens is 4. The Hall–Kier alpha value is -2.38. The van der Waals surface area contributed by atoms with Gasteiger partial charge in [-0.15, -0.1) is 0 Å². The molecule has 0 unspecified atom stereocenters. The maximum Gasteiger partial charge on any atom is 0.334 e. The number of rotatable bonds is 3. The predicted octanol–water partition coefficient (Wildman–Crippen LogP) is 1.11. The lowest BCUT2D eigenvalue weighted by Crippen LogP contribution is -2.02. The number of aryl methyl sites for hydroxylation is 3. The third kappa shape index (κ3) is 1.96. The lowest BCUT2D eigenvalue weighted by Gasteiger charge is -2.02. The minimum atomic E-state index is -0.451. The topological polar surface area (TPSA) is 90.8 Å². The molecular formula is C9H12N6O2. The number of nitrogens with one attached hydrogen (secondary N) is 1. The molecule has 0 atom stereocenters. The van der Waals surface area contributed by atoms with E-state index in [9.17, 15) is 10.1 Å². The van der Waals surface area contributed by atoms with Gasteiger partial charge in [0.1, 0.15) is 5.69 Å². The molecule has 17 heavy (non-hydrogen) atoms. The van der Waals surface area contributed by atoms with Gasteiger partial charge in [0, 0.05) is 26.4 Å². The van der Waals surface area contributed by atoms with Crippen LogP contribution in [-0.2, 0) is 14.1 Å². The second-order valence-electron chi connectivity index (χ2n) is 3.66. The van der Waals surface area contributed by atoms with Gasteiger partial charge >= 0.3 is 5.69 Å². The van der Waals surface area contributed by atoms with E-state index < -0.39 is 4.92 Å². The number of nitro groups is 1. The highest BCUT2D eigenvalue weighted by Gasteiger charge is 2.24. The van der Waals surface area contributed by atoms with Gasteiger partial charge in [0.05, 0.1) is 4.92 Å². The van der Waals surface area contributed by atoms with Gasteiger partial charge in [-0.05, 0) is 6.92 Å². The first kappa shape index (κ1) is 11.1. The van der Waals surface area contributed by atoms with Crippen molar-refractivity contribution in [1.82, 2.24) is 19.6 Å². The molecule has 0 bridgehead atoms. The monoisotopic (exact) mass is 236 g/mol. The maximum atomic E-state index is 10.9. The molecule has 2 aromatic rings. The molecule has 2 rings (SSSR count). The quantitative estimate of drug-likeness (QED) is 0.636. The lowest BCUT2D eigenvalue weighted by molar-refractivity contribution is -0.384. The van der Waals surface area contributed by atoms with Crippen molar-refractivity contribution >= 4 is 17.3 Å². The zero-order valence-electron chi connectivity index (χ0n) is 9.71. The second-order valence-corrected chi connectivity index (χ2v) is 3.66. The molecule has 8 nitrogen and oxygen atoms in total. The summed E-state index contributed by atoms with van der Waals surface area (Å²) >= 11 is 0. The average Bonchev–Trinajstić information content (AvgIpc) is 2.72. The fraction of sp³-hybridized carbons (Fsp3) is 0.333. The number of nitrogens with zero attached hydrogens (tertiary/aromatic N) is 5. The summed E-state index contributed by atoms with van der Waals surface area (Å²) in [7, 11) is 3.42. The molecule has 1 N–H and O–H groups in total. The van der Waals surface area contributed by atoms with Gasteiger partial charge in [-0.1, -0.05) is 0 Å². The zero-order chi connectivity index (χ0) is 12.6. The highest BCUT2D eigenvalue weighted by molar-refractivity contribution is 5.65. The van der Waals surface area contributed by atoms with Crippen molar-refractivity contribution in [2.45, 2.75) is 6.92 Å². The third-order valence-electron chi connectivity index (χ3n) is 2.33. The summed E-state index contributed by atoms with van der Waals surface area (Å²) in [6.45, 7) is 1.60. The molecule has 0 aliphatic heterocycles. The minimum absolute atomic E-state index is 0.0295. The van der Waals surface area contributed by atoms with Crippen molar-refractivity contribution in [3.8, 4) is 0 Å². The van der Waals surface area contributed by atoms with Gasteiger partial charge in [0.15, 0.2) is 5.82 Å². The van der Waals surface area contributed by atoms with Crippen LogP contribution in [0.4, 0.5) is 17.3 Å². The van der Waals surface area contributed by atoms with Crippen LogP contribution in [-0.4, -0.2) is 24.5 Å². The summed E-state index contributed by atoms with van der Waals surface area (Å²) in [5, 5.41) is 21.9. The fourth-order valence-corrected chi connectivity index (χ4v) is 1.61. The van der Waals surface area contributed by atoms with Crippen molar-refractivity contribution in [1.29, 1.82) is 0 Å². The van der Waals surface area contributed by atoms with E-state index in [1.165, 1.54) is 4.68 Å². The van der Waals surface area contributed by atoms with Crippen LogP contribution in [0, 0.1) is 17.0 Å². The minimum Gasteiger partial charge on any atom is -0.318 e. The maximum absolute atomic E-state index is 10.9. The van der Waals surface area contributed by atoms with E-state index in [2.05, 4.69) is 15.5 Å². The van der Waals surface area contributed by atoms with Crippen LogP contribution in [0.25, 0.3) is 0 Å². The Morgan fingerprint density at radius 3 is 2.65 bits per heavy atom. The Labute approximate surface area is 97.0 Å². The molecule has 90 valence electrons. The van der Waals surface area contributed by atoms with Crippen molar-refractivity contribution in [2.75, 3.05) is 5.32 Å². The smallest absolute Gasteiger partial charge is 0.318 e. The summed E-state index contributed by atoms with van der Waals surface area (Å²) in [5.41, 5.74) is 0.342. The van der Waals surface area contributed by atoms with Crippen LogP contribution in [0.2, 0.25) is 0 Å². The summed E-state index contributed by atoms with van der Waals surface area (Å²) in [6.07, 6.45) is 1.75. The molecule has 0 aliphatic carbocycles. The average molecular weight is 236 g/mol. The van der Waals surface area contributed by atoms with Crippen molar-refractivity contribution in [3.05, 3.63) is 28.1 Å². The van der Waals surface area contributed by atoms with E-state index in [0.29, 0.717) is 17.3 Å². The highest BCUT2D eigenvalue weighted by Crippen LogP contribution is 2.29. The Kier molecular flexibility index (Phi) is 2.54. The SMILES string of the molecule is Cc1nn(C)c(Nc2ccn(C)n2)c1[N+](=O)[O-]. The Bertz CT molecular complexity index is 570. The Morgan fingerprint density at radius 1 is 1.41 bits per heavy atom. The first-order chi connectivity index (χ1) is 7.99. The second kappa shape index (κ2) is 3.89. The van der Waals surface area contributed by atoms with E-state index in [-0.39, 0.29) is 5.69 Å². The first-order valence-electron chi connectivity index (χ1n) is 4.93. The molecule has 2 aromatic heterocycles. The standard InChI is InChI=1S/C9H12N6O2/c1-6-8(15(16)17)9(14(3)11-6)10-7-4-5-13(2)12-7/h4-5H,1-3H3,(H,10,12). The number of hydrogen-bond donors (Lipinski definition) is 1. The van der Waals surface area contributed by atoms with Gasteiger partial charge in [-0.25, -0.2) is 4.68 Å². The molecule has 8 heteroatoms. The zero-order valence-corrected chi connectivity index (χ0v) is 9.71. The van der Waals surface area contributed by atoms with Gasteiger partial charge in [-0.3, -0.25) is 14.8 Å². The highest BCUT2D eigenvalue weighted by atomic mass is 16.6. The summed E-state index contributed by atoms with van der Waals surface area (Å²) in [5.74, 6) is 0.866. The van der Waals surface area contributed by atoms with Crippen molar-refractivity contribution < 1.29 is 4.92 Å². The molecule has 0 radical (unpaired) electrons. The molecule has 0 aliphatic rings. The van der Waals surface area contributed by atoms with Gasteiger partial charge in [0.2, 0.25) is 5.82 Å². The van der Waals surface area contributed by atoms with Crippen LogP contribution in [0.1, 0.15) is 5.69 Å². The molecule has 2 heterocycles. The van der Waals surface area contributed by atoms with E-state index in [1.807, 2.05) is 0 Å². The Balaban J connectivity index is 2.41. The molecule has 0 spiro atoms. The molecule has 0 fully saturated rings. The van der Waals surface area contributed by atoms with Crippen LogP contribution in [0.5, 0.6) is 0 Å². The molecule has 0 saturated carbocycles. The Morgan fingerprint density at radius 2 is 2.12 bits per heavy atom. The summed E-state index contributed by atoms with van der Waals surface area (Å²) < 4.78 is 3.04. The molecule has 0 amide bonds. The van der Waals surface area contributed by atoms with E-state index in [1.54, 1.807) is 38.0 Å². The molecule has 0 aromatic carbocycles. The lowest BCUT2D eigenvalue weighted by atomic mass is 10.4. The molecular weight excluding hydrogens is 224 g/mol. The first-order valence-corrected chi connectivity index (χ1v) is 4.93. The number of hydrogen-bond acceptors (Lipinski definition) is 5. The van der Waals surface area contributed by atoms with Gasteiger partial charge in [-0.2, -0.15) is 10.2 Å². The molecule has 0 saturated heterocycles. The van der Waals surface area contributed by atoms with Crippen LogP contribution >= 0.6 is 0 Å². The normalized spacial score (nSPS) is 10.5. The van der Waals surface area contributed by atoms with Crippen molar-refractivity contribution in [2.24, 2.45) is 14.1 Å². The van der Waals surface area contributed by atoms with Gasteiger partial charge in [0.25, 0.3) is 0 Å². The van der Waals surface area contributed by atoms with Crippen LogP contribution < -0.4 is 5.32 Å². The van der Waals surface area contributed by atoms with Crippen molar-refractivity contribution in [3.63, 3.8) is 0 Å². The van der Waals surface area contributed by atoms with E-state index in [0.717, 1.165) is 0 Å². The summed E-state index contributed by atoms with van der Waals surface area (Å²) in [4.78, 5) is 10.5. The van der Waals surface area contributed by atoms with E-state index >= 15 is 0 Å². The van der Waals surface area contributed by atoms with E-state index in [4.69, 9.17) is 0 Å². The van der Waals surface area contributed by atoms with Crippen LogP contribution in [0.3, 0.4) is 0 Å². The predicted molar refractivity (Wildman–Crippen MR) is 61.1 cm³/mol. The fourth-order valence-electron chi connectivity index (χ4n) is 1.61. The summed E-state index contributed by atoms with van der Waals surface area (Å²) in [6, 6.07) is 1.73. The number of anilines is 2. The van der Waals surface area contributed by atoms with Crippen LogP contribution in [0.15, 0.2) is 12.3 Å². The largest absolute Gasteiger partial charge is 0.334 e. The third-order valence-corrected chi connectivity index (χ3v) is 2.33. The van der Waals surface area contributed by atoms with Gasteiger partial charge < -0.3 is 5.32 Å².